The van der Waals surface area contributed by atoms with E-state index in [1.165, 1.54) is 0 Å². The summed E-state index contributed by atoms with van der Waals surface area (Å²) in [7, 11) is 0. The van der Waals surface area contributed by atoms with Crippen molar-refractivity contribution in [2.75, 3.05) is 26.2 Å². The van der Waals surface area contributed by atoms with Gasteiger partial charge in [0.25, 0.3) is 0 Å². The minimum Gasteiger partial charge on any atom is -0.480 e. The Morgan fingerprint density at radius 3 is 2.28 bits per heavy atom. The van der Waals surface area contributed by atoms with Gasteiger partial charge in [0, 0.05) is 38.6 Å². The van der Waals surface area contributed by atoms with E-state index in [0.29, 0.717) is 32.6 Å². The number of aliphatic carboxylic acids is 1. The van der Waals surface area contributed by atoms with Gasteiger partial charge in [0.05, 0.1) is 0 Å². The van der Waals surface area contributed by atoms with E-state index in [0.717, 1.165) is 6.42 Å². The lowest BCUT2D eigenvalue weighted by Gasteiger charge is -2.36. The molecule has 0 saturated carbocycles. The number of nitrogens with two attached hydrogens (primary N) is 1. The van der Waals surface area contributed by atoms with Crippen LogP contribution in [0.3, 0.4) is 0 Å². The van der Waals surface area contributed by atoms with Crippen LogP contribution in [0.1, 0.15) is 26.7 Å². The number of amides is 1. The van der Waals surface area contributed by atoms with E-state index in [9.17, 15) is 9.59 Å². The fourth-order valence-corrected chi connectivity index (χ4v) is 2.01. The van der Waals surface area contributed by atoms with Crippen molar-refractivity contribution in [2.24, 2.45) is 5.73 Å². The highest BCUT2D eigenvalue weighted by Crippen LogP contribution is 2.09. The molecule has 0 aromatic heterocycles. The Morgan fingerprint density at radius 1 is 1.28 bits per heavy atom. The van der Waals surface area contributed by atoms with E-state index in [2.05, 4.69) is 0 Å². The first kappa shape index (κ1) is 14.9. The van der Waals surface area contributed by atoms with E-state index in [-0.39, 0.29) is 11.9 Å². The third-order valence-electron chi connectivity index (χ3n) is 3.53. The highest BCUT2D eigenvalue weighted by Gasteiger charge is 2.27. The topological polar surface area (TPSA) is 86.9 Å². The molecule has 0 aliphatic carbocycles. The molecule has 0 bridgehead atoms. The summed E-state index contributed by atoms with van der Waals surface area (Å²) >= 11 is 0. The highest BCUT2D eigenvalue weighted by molar-refractivity contribution is 5.77. The van der Waals surface area contributed by atoms with Gasteiger partial charge in [0.2, 0.25) is 5.91 Å². The van der Waals surface area contributed by atoms with Crippen molar-refractivity contribution in [1.82, 2.24) is 9.80 Å². The van der Waals surface area contributed by atoms with Gasteiger partial charge in [0.15, 0.2) is 0 Å². The highest BCUT2D eigenvalue weighted by atomic mass is 16.4. The van der Waals surface area contributed by atoms with Crippen LogP contribution < -0.4 is 5.73 Å². The molecule has 6 heteroatoms. The number of hydrogen-bond acceptors (Lipinski definition) is 4. The molecule has 1 aliphatic heterocycles. The van der Waals surface area contributed by atoms with Crippen molar-refractivity contribution in [1.29, 1.82) is 0 Å². The number of carboxylic acids is 1. The number of carbonyl (C=O) groups excluding carboxylic acids is 1. The van der Waals surface area contributed by atoms with Crippen molar-refractivity contribution in [3.8, 4) is 0 Å². The molecule has 18 heavy (non-hydrogen) atoms. The van der Waals surface area contributed by atoms with Crippen molar-refractivity contribution in [3.05, 3.63) is 0 Å². The molecule has 104 valence electrons. The van der Waals surface area contributed by atoms with E-state index < -0.39 is 12.0 Å². The van der Waals surface area contributed by atoms with Gasteiger partial charge in [-0.25, -0.2) is 0 Å². The number of carbonyl (C=O) groups is 2. The normalized spacial score (nSPS) is 20.5. The van der Waals surface area contributed by atoms with Crippen LogP contribution in [0.15, 0.2) is 0 Å². The van der Waals surface area contributed by atoms with Crippen molar-refractivity contribution in [2.45, 2.75) is 38.8 Å². The largest absolute Gasteiger partial charge is 0.480 e. The van der Waals surface area contributed by atoms with Gasteiger partial charge < -0.3 is 15.7 Å². The molecular weight excluding hydrogens is 234 g/mol. The maximum atomic E-state index is 11.9. The van der Waals surface area contributed by atoms with Gasteiger partial charge in [-0.05, 0) is 13.3 Å². The Bertz CT molecular complexity index is 301. The fraction of sp³-hybridized carbons (Fsp3) is 0.833. The standard InChI is InChI=1S/C12H23N3O3/c1-3-10(13)8-11(16)15-6-4-14(5-7-15)9(2)12(17)18/h9-10H,3-8,13H2,1-2H3,(H,17,18). The Kier molecular flexibility index (Phi) is 5.55. The van der Waals surface area contributed by atoms with Gasteiger partial charge in [-0.1, -0.05) is 6.92 Å². The minimum absolute atomic E-state index is 0.0755. The maximum absolute atomic E-state index is 11.9. The van der Waals surface area contributed by atoms with Crippen LogP contribution in [0.2, 0.25) is 0 Å². The van der Waals surface area contributed by atoms with Crippen molar-refractivity contribution >= 4 is 11.9 Å². The molecule has 1 fully saturated rings. The zero-order valence-corrected chi connectivity index (χ0v) is 11.1. The lowest BCUT2D eigenvalue weighted by Crippen LogP contribution is -2.53. The zero-order valence-electron chi connectivity index (χ0n) is 11.1. The number of rotatable bonds is 5. The van der Waals surface area contributed by atoms with Crippen LogP contribution in [0.25, 0.3) is 0 Å². The van der Waals surface area contributed by atoms with Crippen molar-refractivity contribution < 1.29 is 14.7 Å². The summed E-state index contributed by atoms with van der Waals surface area (Å²) in [5.74, 6) is -0.741. The number of piperazine rings is 1. The summed E-state index contributed by atoms with van der Waals surface area (Å²) in [5.41, 5.74) is 5.76. The quantitative estimate of drug-likeness (QED) is 0.708. The molecule has 0 spiro atoms. The number of carboxylic acid groups (broad SMARTS) is 1. The molecule has 3 N–H and O–H groups in total. The summed E-state index contributed by atoms with van der Waals surface area (Å²) in [6.45, 7) is 6.04. The fourth-order valence-electron chi connectivity index (χ4n) is 2.01. The van der Waals surface area contributed by atoms with Crippen LogP contribution in [-0.2, 0) is 9.59 Å². The van der Waals surface area contributed by atoms with Gasteiger partial charge in [-0.15, -0.1) is 0 Å². The molecule has 0 radical (unpaired) electrons. The van der Waals surface area contributed by atoms with Crippen LogP contribution >= 0.6 is 0 Å². The molecule has 1 saturated heterocycles. The third-order valence-corrected chi connectivity index (χ3v) is 3.53. The smallest absolute Gasteiger partial charge is 0.320 e. The lowest BCUT2D eigenvalue weighted by molar-refractivity contribution is -0.144. The van der Waals surface area contributed by atoms with Crippen molar-refractivity contribution in [3.63, 3.8) is 0 Å². The zero-order chi connectivity index (χ0) is 13.7. The van der Waals surface area contributed by atoms with E-state index >= 15 is 0 Å². The Labute approximate surface area is 108 Å². The van der Waals surface area contributed by atoms with Crippen LogP contribution in [0, 0.1) is 0 Å². The van der Waals surface area contributed by atoms with Crippen LogP contribution in [0.4, 0.5) is 0 Å². The van der Waals surface area contributed by atoms with E-state index in [4.69, 9.17) is 10.8 Å². The molecular formula is C12H23N3O3. The average Bonchev–Trinajstić information content (AvgIpc) is 2.37. The van der Waals surface area contributed by atoms with Crippen LogP contribution in [0.5, 0.6) is 0 Å². The predicted octanol–water partition coefficient (Wildman–Crippen LogP) is -0.269. The molecule has 0 aromatic carbocycles. The second-order valence-electron chi connectivity index (χ2n) is 4.80. The number of hydrogen-bond donors (Lipinski definition) is 2. The SMILES string of the molecule is CCC(N)CC(=O)N1CCN(C(C)C(=O)O)CC1. The van der Waals surface area contributed by atoms with Gasteiger partial charge in [0.1, 0.15) is 6.04 Å². The van der Waals surface area contributed by atoms with E-state index in [1.807, 2.05) is 11.8 Å². The van der Waals surface area contributed by atoms with Crippen LogP contribution in [-0.4, -0.2) is 65.0 Å². The number of nitrogens with zero attached hydrogens (tertiary/aromatic N) is 2. The van der Waals surface area contributed by atoms with Gasteiger partial charge in [-0.2, -0.15) is 0 Å². The average molecular weight is 257 g/mol. The Balaban J connectivity index is 2.39. The first-order chi connectivity index (χ1) is 8.45. The molecule has 2 atom stereocenters. The summed E-state index contributed by atoms with van der Waals surface area (Å²) in [6.07, 6.45) is 1.17. The molecule has 0 aromatic rings. The second-order valence-corrected chi connectivity index (χ2v) is 4.80. The molecule has 1 heterocycles. The van der Waals surface area contributed by atoms with E-state index in [1.54, 1.807) is 11.8 Å². The summed E-state index contributed by atoms with van der Waals surface area (Å²) in [5, 5.41) is 8.92. The molecule has 6 nitrogen and oxygen atoms in total. The predicted molar refractivity (Wildman–Crippen MR) is 68.1 cm³/mol. The molecule has 1 aliphatic rings. The lowest BCUT2D eigenvalue weighted by atomic mass is 10.1. The second kappa shape index (κ2) is 6.70. The Hall–Kier alpha value is -1.14. The summed E-state index contributed by atoms with van der Waals surface area (Å²) in [6, 6.07) is -0.561. The minimum atomic E-state index is -0.817. The molecule has 2 unspecified atom stereocenters. The Morgan fingerprint density at radius 2 is 1.83 bits per heavy atom. The molecule has 1 rings (SSSR count). The summed E-state index contributed by atoms with van der Waals surface area (Å²) in [4.78, 5) is 26.4. The monoisotopic (exact) mass is 257 g/mol. The first-order valence-corrected chi connectivity index (χ1v) is 6.46. The maximum Gasteiger partial charge on any atom is 0.320 e. The third kappa shape index (κ3) is 3.96. The summed E-state index contributed by atoms with van der Waals surface area (Å²) < 4.78 is 0. The van der Waals surface area contributed by atoms with Gasteiger partial charge >= 0.3 is 5.97 Å². The first-order valence-electron chi connectivity index (χ1n) is 6.46. The molecule has 1 amide bonds. The van der Waals surface area contributed by atoms with Gasteiger partial charge in [-0.3, -0.25) is 14.5 Å².